The molecule has 2 unspecified atom stereocenters. The van der Waals surface area contributed by atoms with Crippen LogP contribution in [0.4, 0.5) is 0 Å². The Morgan fingerprint density at radius 3 is 2.44 bits per heavy atom. The summed E-state index contributed by atoms with van der Waals surface area (Å²) in [6.07, 6.45) is 10.3. The monoisotopic (exact) mass is 434 g/mol. The van der Waals surface area contributed by atoms with Crippen LogP contribution < -0.4 is 5.32 Å². The molecule has 0 spiro atoms. The number of likely N-dealkylation sites (N-methyl/N-ethyl adjacent to an activating group) is 1. The number of carboxylic acid groups (broad SMARTS) is 1. The maximum atomic E-state index is 12.6. The van der Waals surface area contributed by atoms with Crippen molar-refractivity contribution < 1.29 is 14.7 Å². The van der Waals surface area contributed by atoms with Gasteiger partial charge < -0.3 is 15.3 Å². The molecular formula is C25H30N4O3. The van der Waals surface area contributed by atoms with Crippen LogP contribution in [0.25, 0.3) is 17.0 Å². The van der Waals surface area contributed by atoms with Crippen molar-refractivity contribution in [2.24, 2.45) is 11.8 Å². The SMILES string of the molecule is CNC(Cc1ccc(-c2ncc(C3=CCCCC3C)cn2)cc1)C(=O)N1CC(C(=O)O)C1. The number of nitrogens with zero attached hydrogens (tertiary/aromatic N) is 3. The Morgan fingerprint density at radius 1 is 1.16 bits per heavy atom. The molecule has 1 amide bonds. The van der Waals surface area contributed by atoms with E-state index in [2.05, 4.69) is 28.3 Å². The summed E-state index contributed by atoms with van der Waals surface area (Å²) in [6, 6.07) is 7.57. The van der Waals surface area contributed by atoms with E-state index in [4.69, 9.17) is 5.11 Å². The van der Waals surface area contributed by atoms with Gasteiger partial charge in [0.15, 0.2) is 5.82 Å². The van der Waals surface area contributed by atoms with E-state index in [0.717, 1.165) is 23.1 Å². The third-order valence-electron chi connectivity index (χ3n) is 6.56. The second-order valence-corrected chi connectivity index (χ2v) is 8.81. The molecule has 2 heterocycles. The number of carbonyl (C=O) groups is 2. The van der Waals surface area contributed by atoms with Crippen LogP contribution in [0.2, 0.25) is 0 Å². The molecule has 2 N–H and O–H groups in total. The number of benzene rings is 1. The van der Waals surface area contributed by atoms with Crippen molar-refractivity contribution in [2.45, 2.75) is 38.6 Å². The van der Waals surface area contributed by atoms with Gasteiger partial charge in [0.05, 0.1) is 12.0 Å². The van der Waals surface area contributed by atoms with Gasteiger partial charge in [0, 0.05) is 36.6 Å². The minimum atomic E-state index is -0.842. The van der Waals surface area contributed by atoms with Crippen molar-refractivity contribution in [1.82, 2.24) is 20.2 Å². The first-order valence-corrected chi connectivity index (χ1v) is 11.3. The van der Waals surface area contributed by atoms with Crippen LogP contribution in [0, 0.1) is 11.8 Å². The molecule has 0 bridgehead atoms. The molecule has 7 heteroatoms. The predicted octanol–water partition coefficient (Wildman–Crippen LogP) is 3.02. The average molecular weight is 435 g/mol. The van der Waals surface area contributed by atoms with Gasteiger partial charge in [-0.05, 0) is 49.8 Å². The first-order valence-electron chi connectivity index (χ1n) is 11.3. The van der Waals surface area contributed by atoms with Crippen LogP contribution in [-0.4, -0.2) is 58.0 Å². The predicted molar refractivity (Wildman–Crippen MR) is 123 cm³/mol. The lowest BCUT2D eigenvalue weighted by molar-refractivity contribution is -0.153. The molecule has 2 atom stereocenters. The second kappa shape index (κ2) is 9.61. The molecule has 1 saturated heterocycles. The first-order chi connectivity index (χ1) is 15.5. The van der Waals surface area contributed by atoms with Crippen molar-refractivity contribution in [3.63, 3.8) is 0 Å². The van der Waals surface area contributed by atoms with Crippen molar-refractivity contribution in [3.05, 3.63) is 53.9 Å². The van der Waals surface area contributed by atoms with Crippen molar-refractivity contribution in [2.75, 3.05) is 20.1 Å². The van der Waals surface area contributed by atoms with E-state index in [1.165, 1.54) is 18.4 Å². The molecule has 168 valence electrons. The summed E-state index contributed by atoms with van der Waals surface area (Å²) >= 11 is 0. The van der Waals surface area contributed by atoms with E-state index in [-0.39, 0.29) is 25.0 Å². The van der Waals surface area contributed by atoms with Crippen LogP contribution >= 0.6 is 0 Å². The Bertz CT molecular complexity index is 995. The molecular weight excluding hydrogens is 404 g/mol. The van der Waals surface area contributed by atoms with Crippen molar-refractivity contribution in [1.29, 1.82) is 0 Å². The summed E-state index contributed by atoms with van der Waals surface area (Å²) in [7, 11) is 1.75. The van der Waals surface area contributed by atoms with Crippen molar-refractivity contribution >= 4 is 17.4 Å². The fourth-order valence-corrected chi connectivity index (χ4v) is 4.44. The first kappa shape index (κ1) is 22.1. The third-order valence-corrected chi connectivity index (χ3v) is 6.56. The lowest BCUT2D eigenvalue weighted by atomic mass is 9.86. The smallest absolute Gasteiger partial charge is 0.310 e. The van der Waals surface area contributed by atoms with Crippen LogP contribution in [0.1, 0.15) is 37.3 Å². The lowest BCUT2D eigenvalue weighted by Crippen LogP contribution is -2.58. The maximum absolute atomic E-state index is 12.6. The van der Waals surface area contributed by atoms with Crippen molar-refractivity contribution in [3.8, 4) is 11.4 Å². The van der Waals surface area contributed by atoms with Gasteiger partial charge >= 0.3 is 5.97 Å². The van der Waals surface area contributed by atoms with Crippen LogP contribution in [0.3, 0.4) is 0 Å². The molecule has 1 aromatic heterocycles. The lowest BCUT2D eigenvalue weighted by Gasteiger charge is -2.38. The van der Waals surface area contributed by atoms with Gasteiger partial charge in [-0.15, -0.1) is 0 Å². The van der Waals surface area contributed by atoms with E-state index in [0.29, 0.717) is 18.2 Å². The number of hydrogen-bond acceptors (Lipinski definition) is 5. The van der Waals surface area contributed by atoms with E-state index >= 15 is 0 Å². The van der Waals surface area contributed by atoms with E-state index in [1.807, 2.05) is 36.7 Å². The summed E-state index contributed by atoms with van der Waals surface area (Å²) in [5.74, 6) is -0.109. The molecule has 1 fully saturated rings. The number of carbonyl (C=O) groups excluding carboxylic acids is 1. The number of likely N-dealkylation sites (tertiary alicyclic amines) is 1. The van der Waals surface area contributed by atoms with Gasteiger partial charge in [-0.1, -0.05) is 37.3 Å². The molecule has 0 radical (unpaired) electrons. The van der Waals surface area contributed by atoms with Gasteiger partial charge in [0.25, 0.3) is 0 Å². The zero-order valence-electron chi connectivity index (χ0n) is 18.6. The molecule has 32 heavy (non-hydrogen) atoms. The normalized spacial score (nSPS) is 19.8. The Balaban J connectivity index is 1.39. The highest BCUT2D eigenvalue weighted by atomic mass is 16.4. The summed E-state index contributed by atoms with van der Waals surface area (Å²) in [4.78, 5) is 34.4. The topological polar surface area (TPSA) is 95.4 Å². The highest BCUT2D eigenvalue weighted by Crippen LogP contribution is 2.31. The standard InChI is InChI=1S/C25H30N4O3/c1-16-5-3-4-6-21(16)19-12-27-23(28-13-19)18-9-7-17(8-10-18)11-22(26-2)24(30)29-14-20(15-29)25(31)32/h6-10,12-13,16,20,22,26H,3-5,11,14-15H2,1-2H3,(H,31,32). The van der Waals surface area contributed by atoms with Gasteiger partial charge in [-0.25, -0.2) is 9.97 Å². The zero-order valence-corrected chi connectivity index (χ0v) is 18.6. The Hall–Kier alpha value is -3.06. The second-order valence-electron chi connectivity index (χ2n) is 8.81. The molecule has 2 aliphatic rings. The van der Waals surface area contributed by atoms with E-state index in [1.54, 1.807) is 11.9 Å². The number of rotatable bonds is 7. The number of carboxylic acids is 1. The third kappa shape index (κ3) is 4.72. The Kier molecular flexibility index (Phi) is 6.65. The molecule has 1 aliphatic carbocycles. The molecule has 1 aliphatic heterocycles. The number of aliphatic carboxylic acids is 1. The summed E-state index contributed by atoms with van der Waals surface area (Å²) in [6.45, 7) is 2.83. The van der Waals surface area contributed by atoms with Crippen LogP contribution in [0.5, 0.6) is 0 Å². The minimum Gasteiger partial charge on any atom is -0.481 e. The van der Waals surface area contributed by atoms with Gasteiger partial charge in [0.1, 0.15) is 0 Å². The van der Waals surface area contributed by atoms with E-state index in [9.17, 15) is 9.59 Å². The quantitative estimate of drug-likeness (QED) is 0.696. The van der Waals surface area contributed by atoms with Gasteiger partial charge in [0.2, 0.25) is 5.91 Å². The largest absolute Gasteiger partial charge is 0.481 e. The fraction of sp³-hybridized carbons (Fsp3) is 0.440. The molecule has 0 saturated carbocycles. The van der Waals surface area contributed by atoms with Gasteiger partial charge in [-0.2, -0.15) is 0 Å². The molecule has 2 aromatic rings. The van der Waals surface area contributed by atoms with E-state index < -0.39 is 11.9 Å². The maximum Gasteiger partial charge on any atom is 0.310 e. The number of allylic oxidation sites excluding steroid dienone is 2. The molecule has 1 aromatic carbocycles. The number of nitrogens with one attached hydrogen (secondary N) is 1. The highest BCUT2D eigenvalue weighted by Gasteiger charge is 2.37. The Labute approximate surface area is 188 Å². The number of aromatic nitrogens is 2. The summed E-state index contributed by atoms with van der Waals surface area (Å²) < 4.78 is 0. The average Bonchev–Trinajstić information content (AvgIpc) is 2.77. The number of hydrogen-bond donors (Lipinski definition) is 2. The minimum absolute atomic E-state index is 0.0563. The molecule has 4 rings (SSSR count). The summed E-state index contributed by atoms with van der Waals surface area (Å²) in [5.41, 5.74) is 4.40. The Morgan fingerprint density at radius 2 is 1.84 bits per heavy atom. The zero-order chi connectivity index (χ0) is 22.7. The highest BCUT2D eigenvalue weighted by molar-refractivity contribution is 5.85. The number of amides is 1. The molecule has 7 nitrogen and oxygen atoms in total. The summed E-state index contributed by atoms with van der Waals surface area (Å²) in [5, 5.41) is 12.1. The van der Waals surface area contributed by atoms with Crippen LogP contribution in [0.15, 0.2) is 42.7 Å². The van der Waals surface area contributed by atoms with Gasteiger partial charge in [-0.3, -0.25) is 9.59 Å². The fourth-order valence-electron chi connectivity index (χ4n) is 4.44. The van der Waals surface area contributed by atoms with Crippen LogP contribution in [-0.2, 0) is 16.0 Å².